The molecule has 29 heavy (non-hydrogen) atoms. The number of amides is 1. The van der Waals surface area contributed by atoms with Gasteiger partial charge in [0.15, 0.2) is 0 Å². The first kappa shape index (κ1) is 23.8. The molecule has 1 fully saturated rings. The average molecular weight is 441 g/mol. The predicted octanol–water partition coefficient (Wildman–Crippen LogP) is 2.93. The minimum absolute atomic E-state index is 0.0238. The summed E-state index contributed by atoms with van der Waals surface area (Å²) >= 11 is 0. The standard InChI is InChI=1S/C21H32N2O4S2/c1-4-23(5-2)29(26,27)18-14-11-17(12-15-18)13-16-21(24)22-19-9-7-8-10-20(19)28(25)6-3/h11-16,19-20H,4-10H2,1-3H3,(H,22,24)/b16-13+/t19-,20+,28+/m1/s1. The summed E-state index contributed by atoms with van der Waals surface area (Å²) in [5, 5.41) is 3.02. The Morgan fingerprint density at radius 3 is 2.34 bits per heavy atom. The molecule has 0 aliphatic heterocycles. The van der Waals surface area contributed by atoms with Crippen LogP contribution in [0.25, 0.3) is 6.08 Å². The first-order chi connectivity index (χ1) is 13.8. The lowest BCUT2D eigenvalue weighted by Gasteiger charge is -2.31. The maximum absolute atomic E-state index is 12.5. The molecule has 1 saturated carbocycles. The minimum atomic E-state index is -3.48. The summed E-state index contributed by atoms with van der Waals surface area (Å²) in [6.45, 7) is 6.37. The van der Waals surface area contributed by atoms with Gasteiger partial charge in [0.05, 0.1) is 10.1 Å². The van der Waals surface area contributed by atoms with Crippen LogP contribution in [0.5, 0.6) is 0 Å². The maximum atomic E-state index is 12.5. The van der Waals surface area contributed by atoms with Gasteiger partial charge in [0, 0.05) is 41.8 Å². The van der Waals surface area contributed by atoms with Crippen LogP contribution in [0.2, 0.25) is 0 Å². The van der Waals surface area contributed by atoms with Gasteiger partial charge in [0.25, 0.3) is 0 Å². The summed E-state index contributed by atoms with van der Waals surface area (Å²) in [5.74, 6) is 0.394. The second kappa shape index (κ2) is 11.0. The summed E-state index contributed by atoms with van der Waals surface area (Å²) in [6, 6.07) is 6.45. The lowest BCUT2D eigenvalue weighted by atomic mass is 9.95. The molecule has 162 valence electrons. The van der Waals surface area contributed by atoms with Gasteiger partial charge >= 0.3 is 0 Å². The molecule has 0 aromatic heterocycles. The van der Waals surface area contributed by atoms with Gasteiger partial charge in [-0.15, -0.1) is 0 Å². The van der Waals surface area contributed by atoms with E-state index in [4.69, 9.17) is 0 Å². The smallest absolute Gasteiger partial charge is 0.244 e. The lowest BCUT2D eigenvalue weighted by Crippen LogP contribution is -2.46. The van der Waals surface area contributed by atoms with E-state index >= 15 is 0 Å². The van der Waals surface area contributed by atoms with E-state index in [1.54, 1.807) is 30.3 Å². The highest BCUT2D eigenvalue weighted by Gasteiger charge is 2.29. The van der Waals surface area contributed by atoms with Gasteiger partial charge in [-0.05, 0) is 36.6 Å². The zero-order valence-corrected chi connectivity index (χ0v) is 19.1. The Bertz CT molecular complexity index is 831. The van der Waals surface area contributed by atoms with Gasteiger partial charge in [0.1, 0.15) is 0 Å². The molecule has 0 unspecified atom stereocenters. The topological polar surface area (TPSA) is 83.6 Å². The van der Waals surface area contributed by atoms with Crippen molar-refractivity contribution in [1.82, 2.24) is 9.62 Å². The van der Waals surface area contributed by atoms with Crippen LogP contribution in [0.3, 0.4) is 0 Å². The fraction of sp³-hybridized carbons (Fsp3) is 0.571. The van der Waals surface area contributed by atoms with Gasteiger partial charge in [-0.1, -0.05) is 45.7 Å². The average Bonchev–Trinajstić information content (AvgIpc) is 2.73. The first-order valence-electron chi connectivity index (χ1n) is 10.3. The summed E-state index contributed by atoms with van der Waals surface area (Å²) in [6.07, 6.45) is 6.95. The largest absolute Gasteiger partial charge is 0.349 e. The Hall–Kier alpha value is -1.51. The highest BCUT2D eigenvalue weighted by Crippen LogP contribution is 2.23. The number of carbonyl (C=O) groups excluding carboxylic acids is 1. The molecule has 0 saturated heterocycles. The zero-order chi connectivity index (χ0) is 21.4. The van der Waals surface area contributed by atoms with E-state index in [2.05, 4.69) is 5.32 Å². The molecule has 1 aliphatic carbocycles. The molecule has 1 N–H and O–H groups in total. The zero-order valence-electron chi connectivity index (χ0n) is 17.5. The van der Waals surface area contributed by atoms with E-state index in [1.165, 1.54) is 10.4 Å². The van der Waals surface area contributed by atoms with Crippen LogP contribution in [0.4, 0.5) is 0 Å². The molecule has 0 radical (unpaired) electrons. The summed E-state index contributed by atoms with van der Waals surface area (Å²) in [5.41, 5.74) is 0.746. The Kier molecular flexibility index (Phi) is 9.04. The highest BCUT2D eigenvalue weighted by atomic mass is 32.2. The molecular formula is C21H32N2O4S2. The Balaban J connectivity index is 2.02. The van der Waals surface area contributed by atoms with Gasteiger partial charge < -0.3 is 5.32 Å². The van der Waals surface area contributed by atoms with E-state index in [-0.39, 0.29) is 22.1 Å². The first-order valence-corrected chi connectivity index (χ1v) is 13.1. The molecule has 1 amide bonds. The van der Waals surface area contributed by atoms with Crippen LogP contribution in [0.15, 0.2) is 35.2 Å². The normalized spacial score (nSPS) is 21.4. The van der Waals surface area contributed by atoms with Gasteiger partial charge in [-0.2, -0.15) is 4.31 Å². The fourth-order valence-corrected chi connectivity index (χ4v) is 6.54. The number of carbonyl (C=O) groups is 1. The van der Waals surface area contributed by atoms with Crippen LogP contribution in [0, 0.1) is 0 Å². The molecular weight excluding hydrogens is 408 g/mol. The summed E-state index contributed by atoms with van der Waals surface area (Å²) < 4.78 is 38.7. The van der Waals surface area contributed by atoms with Crippen molar-refractivity contribution in [2.75, 3.05) is 18.8 Å². The third-order valence-electron chi connectivity index (χ3n) is 5.30. The minimum Gasteiger partial charge on any atom is -0.349 e. The quantitative estimate of drug-likeness (QED) is 0.599. The van der Waals surface area contributed by atoms with E-state index in [0.29, 0.717) is 18.8 Å². The number of nitrogens with zero attached hydrogens (tertiary/aromatic N) is 1. The van der Waals surface area contributed by atoms with Crippen molar-refractivity contribution in [3.8, 4) is 0 Å². The molecule has 1 aromatic carbocycles. The van der Waals surface area contributed by atoms with Crippen molar-refractivity contribution in [3.05, 3.63) is 35.9 Å². The number of sulfonamides is 1. The second-order valence-electron chi connectivity index (χ2n) is 7.10. The highest BCUT2D eigenvalue weighted by molar-refractivity contribution is 7.89. The van der Waals surface area contributed by atoms with Gasteiger partial charge in [0.2, 0.25) is 15.9 Å². The predicted molar refractivity (Wildman–Crippen MR) is 118 cm³/mol. The van der Waals surface area contributed by atoms with Crippen LogP contribution in [-0.2, 0) is 25.6 Å². The molecule has 1 aromatic rings. The SMILES string of the molecule is CCN(CC)S(=O)(=O)c1ccc(/C=C/C(=O)N[C@@H]2CCCC[C@@H]2[S@@](=O)CC)cc1. The number of hydrogen-bond acceptors (Lipinski definition) is 4. The number of rotatable bonds is 9. The van der Waals surface area contributed by atoms with Crippen molar-refractivity contribution in [2.24, 2.45) is 0 Å². The van der Waals surface area contributed by atoms with E-state index in [9.17, 15) is 17.4 Å². The third-order valence-corrected chi connectivity index (χ3v) is 9.18. The molecule has 0 heterocycles. The van der Waals surface area contributed by atoms with Crippen LogP contribution in [0.1, 0.15) is 52.0 Å². The van der Waals surface area contributed by atoms with Crippen LogP contribution >= 0.6 is 0 Å². The van der Waals surface area contributed by atoms with Crippen molar-refractivity contribution >= 4 is 32.8 Å². The molecule has 1 aliphatic rings. The third kappa shape index (κ3) is 6.23. The van der Waals surface area contributed by atoms with Gasteiger partial charge in [-0.3, -0.25) is 9.00 Å². The molecule has 6 nitrogen and oxygen atoms in total. The summed E-state index contributed by atoms with van der Waals surface area (Å²) in [7, 11) is -4.40. The Morgan fingerprint density at radius 1 is 1.14 bits per heavy atom. The number of hydrogen-bond donors (Lipinski definition) is 1. The van der Waals surface area contributed by atoms with E-state index in [1.807, 2.05) is 20.8 Å². The number of benzene rings is 1. The van der Waals surface area contributed by atoms with Crippen LogP contribution in [-0.4, -0.2) is 53.0 Å². The molecule has 2 rings (SSSR count). The molecule has 3 atom stereocenters. The van der Waals surface area contributed by atoms with Crippen LogP contribution < -0.4 is 5.32 Å². The second-order valence-corrected chi connectivity index (χ2v) is 11.0. The van der Waals surface area contributed by atoms with Crippen molar-refractivity contribution in [1.29, 1.82) is 0 Å². The van der Waals surface area contributed by atoms with Gasteiger partial charge in [-0.25, -0.2) is 8.42 Å². The van der Waals surface area contributed by atoms with E-state index < -0.39 is 20.8 Å². The Labute approximate surface area is 177 Å². The number of nitrogens with one attached hydrogen (secondary N) is 1. The molecule has 0 bridgehead atoms. The Morgan fingerprint density at radius 2 is 1.76 bits per heavy atom. The molecule has 8 heteroatoms. The molecule has 0 spiro atoms. The van der Waals surface area contributed by atoms with E-state index in [0.717, 1.165) is 31.2 Å². The fourth-order valence-electron chi connectivity index (χ4n) is 3.66. The maximum Gasteiger partial charge on any atom is 0.244 e. The van der Waals surface area contributed by atoms with Crippen molar-refractivity contribution < 1.29 is 17.4 Å². The van der Waals surface area contributed by atoms with Crippen molar-refractivity contribution in [2.45, 2.75) is 62.6 Å². The monoisotopic (exact) mass is 440 g/mol. The summed E-state index contributed by atoms with van der Waals surface area (Å²) in [4.78, 5) is 12.6. The van der Waals surface area contributed by atoms with Crippen molar-refractivity contribution in [3.63, 3.8) is 0 Å². The lowest BCUT2D eigenvalue weighted by molar-refractivity contribution is -0.117.